The number of carbonyl (C=O) groups excluding carboxylic acids is 1. The monoisotopic (exact) mass is 577 g/mol. The second-order valence-corrected chi connectivity index (χ2v) is 11.0. The van der Waals surface area contributed by atoms with E-state index in [1.165, 1.54) is 64.5 Å². The first-order chi connectivity index (χ1) is 15.3. The number of halogens is 1. The molecule has 1 aliphatic carbocycles. The molecule has 1 saturated carbocycles. The van der Waals surface area contributed by atoms with Crippen molar-refractivity contribution in [2.45, 2.75) is 103 Å². The molecule has 2 aliphatic heterocycles. The van der Waals surface area contributed by atoms with E-state index in [4.69, 9.17) is 4.74 Å². The summed E-state index contributed by atoms with van der Waals surface area (Å²) in [5.41, 5.74) is -0.434. The van der Waals surface area contributed by atoms with Gasteiger partial charge in [0.2, 0.25) is 0 Å². The minimum atomic E-state index is -0.434. The van der Waals surface area contributed by atoms with Crippen molar-refractivity contribution in [2.75, 3.05) is 39.8 Å². The van der Waals surface area contributed by atoms with E-state index >= 15 is 0 Å². The minimum Gasteiger partial charge on any atom is -0.444 e. The first-order valence-electron chi connectivity index (χ1n) is 13.0. The summed E-state index contributed by atoms with van der Waals surface area (Å²) in [5, 5.41) is 7.16. The van der Waals surface area contributed by atoms with Gasteiger partial charge in [0.25, 0.3) is 0 Å². The molecule has 0 bridgehead atoms. The van der Waals surface area contributed by atoms with Crippen LogP contribution in [0.2, 0.25) is 0 Å². The molecule has 2 heterocycles. The van der Waals surface area contributed by atoms with Gasteiger partial charge in [0.05, 0.1) is 0 Å². The number of guanidine groups is 1. The highest BCUT2D eigenvalue weighted by Crippen LogP contribution is 2.25. The van der Waals surface area contributed by atoms with Crippen LogP contribution in [0.1, 0.15) is 85.0 Å². The van der Waals surface area contributed by atoms with Crippen LogP contribution in [0.4, 0.5) is 4.79 Å². The maximum atomic E-state index is 12.4. The number of likely N-dealkylation sites (tertiary alicyclic amines) is 2. The van der Waals surface area contributed by atoms with E-state index in [1.807, 2.05) is 32.7 Å². The third kappa shape index (κ3) is 9.78. The molecule has 33 heavy (non-hydrogen) atoms. The Labute approximate surface area is 218 Å². The summed E-state index contributed by atoms with van der Waals surface area (Å²) in [6.07, 6.45) is 12.5. The largest absolute Gasteiger partial charge is 0.444 e. The summed E-state index contributed by atoms with van der Waals surface area (Å²) in [5.74, 6) is 1.43. The fraction of sp³-hybridized carbons (Fsp3) is 0.920. The Morgan fingerprint density at radius 3 is 2.33 bits per heavy atom. The van der Waals surface area contributed by atoms with Crippen molar-refractivity contribution in [1.82, 2.24) is 20.4 Å². The summed E-state index contributed by atoms with van der Waals surface area (Å²) in [7, 11) is 1.86. The van der Waals surface area contributed by atoms with Crippen LogP contribution >= 0.6 is 24.0 Å². The highest BCUT2D eigenvalue weighted by Gasteiger charge is 2.28. The van der Waals surface area contributed by atoms with Crippen molar-refractivity contribution >= 4 is 36.0 Å². The average Bonchev–Trinajstić information content (AvgIpc) is 2.78. The van der Waals surface area contributed by atoms with E-state index in [-0.39, 0.29) is 30.1 Å². The number of piperidine rings is 2. The predicted octanol–water partition coefficient (Wildman–Crippen LogP) is 4.60. The highest BCUT2D eigenvalue weighted by molar-refractivity contribution is 14.0. The van der Waals surface area contributed by atoms with Crippen molar-refractivity contribution in [3.8, 4) is 0 Å². The second-order valence-electron chi connectivity index (χ2n) is 11.0. The number of amides is 1. The topological polar surface area (TPSA) is 69.2 Å². The quantitative estimate of drug-likeness (QED) is 0.284. The van der Waals surface area contributed by atoms with E-state index in [2.05, 4.69) is 20.5 Å². The Bertz CT molecular complexity index is 610. The average molecular weight is 578 g/mol. The standard InChI is InChI=1S/C25H47N5O2.HI/c1-25(2,3)32-24(31)30-16-8-9-20(19-30)12-15-27-23(26-4)28-21-13-17-29(18-14-21)22-10-6-5-7-11-22;/h20-22H,5-19H2,1-4H3,(H2,26,27,28);1H. The van der Waals surface area contributed by atoms with E-state index in [1.54, 1.807) is 0 Å². The Balaban J connectivity index is 0.00000385. The van der Waals surface area contributed by atoms with E-state index < -0.39 is 5.60 Å². The van der Waals surface area contributed by atoms with Gasteiger partial charge in [-0.1, -0.05) is 19.3 Å². The van der Waals surface area contributed by atoms with Crippen LogP contribution in [-0.2, 0) is 4.74 Å². The number of aliphatic imine (C=N–C) groups is 1. The van der Waals surface area contributed by atoms with Gasteiger partial charge in [0.1, 0.15) is 5.60 Å². The van der Waals surface area contributed by atoms with Gasteiger partial charge in [-0.25, -0.2) is 4.79 Å². The van der Waals surface area contributed by atoms with Crippen molar-refractivity contribution in [2.24, 2.45) is 10.9 Å². The lowest BCUT2D eigenvalue weighted by Gasteiger charge is -2.39. The molecule has 3 fully saturated rings. The molecule has 3 rings (SSSR count). The second kappa shape index (κ2) is 14.0. The molecule has 8 heteroatoms. The number of hydrogen-bond acceptors (Lipinski definition) is 4. The predicted molar refractivity (Wildman–Crippen MR) is 147 cm³/mol. The summed E-state index contributed by atoms with van der Waals surface area (Å²) in [4.78, 5) is 21.5. The van der Waals surface area contributed by atoms with E-state index in [0.29, 0.717) is 12.0 Å². The molecule has 192 valence electrons. The molecule has 1 unspecified atom stereocenters. The first kappa shape index (κ1) is 28.5. The zero-order chi connectivity index (χ0) is 23.0. The van der Waals surface area contributed by atoms with Gasteiger partial charge in [0, 0.05) is 51.9 Å². The fourth-order valence-corrected chi connectivity index (χ4v) is 5.43. The molecular formula is C25H48IN5O2. The molecule has 0 aromatic rings. The summed E-state index contributed by atoms with van der Waals surface area (Å²) >= 11 is 0. The maximum absolute atomic E-state index is 12.4. The van der Waals surface area contributed by atoms with Crippen LogP contribution in [-0.4, -0.2) is 79.3 Å². The summed E-state index contributed by atoms with van der Waals surface area (Å²) in [6.45, 7) is 10.7. The third-order valence-electron chi connectivity index (χ3n) is 7.20. The smallest absolute Gasteiger partial charge is 0.410 e. The number of ether oxygens (including phenoxy) is 1. The number of hydrogen-bond donors (Lipinski definition) is 2. The molecule has 0 radical (unpaired) electrons. The lowest BCUT2D eigenvalue weighted by atomic mass is 9.92. The van der Waals surface area contributed by atoms with E-state index in [0.717, 1.165) is 44.5 Å². The normalized spacial score (nSPS) is 24.2. The summed E-state index contributed by atoms with van der Waals surface area (Å²) in [6, 6.07) is 1.34. The Kier molecular flexibility index (Phi) is 12.0. The first-order valence-corrected chi connectivity index (χ1v) is 13.0. The molecule has 0 aromatic carbocycles. The molecule has 7 nitrogen and oxygen atoms in total. The fourth-order valence-electron chi connectivity index (χ4n) is 5.43. The molecular weight excluding hydrogens is 529 g/mol. The van der Waals surface area contributed by atoms with Crippen LogP contribution < -0.4 is 10.6 Å². The lowest BCUT2D eigenvalue weighted by Crippen LogP contribution is -2.51. The van der Waals surface area contributed by atoms with Crippen molar-refractivity contribution in [3.05, 3.63) is 0 Å². The van der Waals surface area contributed by atoms with Crippen LogP contribution in [0, 0.1) is 5.92 Å². The van der Waals surface area contributed by atoms with Gasteiger partial charge in [0.15, 0.2) is 5.96 Å². The maximum Gasteiger partial charge on any atom is 0.410 e. The molecule has 1 amide bonds. The van der Waals surface area contributed by atoms with Gasteiger partial charge in [-0.2, -0.15) is 0 Å². The molecule has 0 aromatic heterocycles. The van der Waals surface area contributed by atoms with Gasteiger partial charge < -0.3 is 25.2 Å². The van der Waals surface area contributed by atoms with Crippen molar-refractivity contribution < 1.29 is 9.53 Å². The SMILES string of the molecule is CN=C(NCCC1CCCN(C(=O)OC(C)(C)C)C1)NC1CCN(C2CCCCC2)CC1.I. The Hall–Kier alpha value is -0.770. The van der Waals surface area contributed by atoms with Gasteiger partial charge in [-0.3, -0.25) is 4.99 Å². The van der Waals surface area contributed by atoms with Gasteiger partial charge in [-0.05, 0) is 71.6 Å². The van der Waals surface area contributed by atoms with Gasteiger partial charge >= 0.3 is 6.09 Å². The lowest BCUT2D eigenvalue weighted by molar-refractivity contribution is 0.0162. The van der Waals surface area contributed by atoms with Crippen molar-refractivity contribution in [1.29, 1.82) is 0 Å². The molecule has 2 saturated heterocycles. The van der Waals surface area contributed by atoms with Crippen LogP contribution in [0.15, 0.2) is 4.99 Å². The summed E-state index contributed by atoms with van der Waals surface area (Å²) < 4.78 is 5.56. The molecule has 0 spiro atoms. The van der Waals surface area contributed by atoms with Crippen LogP contribution in [0.3, 0.4) is 0 Å². The van der Waals surface area contributed by atoms with Gasteiger partial charge in [-0.15, -0.1) is 24.0 Å². The Morgan fingerprint density at radius 1 is 1.00 bits per heavy atom. The van der Waals surface area contributed by atoms with Crippen molar-refractivity contribution in [3.63, 3.8) is 0 Å². The highest BCUT2D eigenvalue weighted by atomic mass is 127. The van der Waals surface area contributed by atoms with E-state index in [9.17, 15) is 4.79 Å². The number of nitrogens with one attached hydrogen (secondary N) is 2. The molecule has 3 aliphatic rings. The molecule has 1 atom stereocenters. The third-order valence-corrected chi connectivity index (χ3v) is 7.20. The number of carbonyl (C=O) groups is 1. The molecule has 2 N–H and O–H groups in total. The van der Waals surface area contributed by atoms with Crippen LogP contribution in [0.5, 0.6) is 0 Å². The zero-order valence-corrected chi connectivity index (χ0v) is 23.7. The minimum absolute atomic E-state index is 0. The Morgan fingerprint density at radius 2 is 1.70 bits per heavy atom. The number of nitrogens with zero attached hydrogens (tertiary/aromatic N) is 3. The zero-order valence-electron chi connectivity index (χ0n) is 21.4. The van der Waals surface area contributed by atoms with Crippen LogP contribution in [0.25, 0.3) is 0 Å². The number of rotatable bonds is 5.